The quantitative estimate of drug-likeness (QED) is 0.484. The van der Waals surface area contributed by atoms with Crippen LogP contribution >= 0.6 is 11.8 Å². The highest BCUT2D eigenvalue weighted by Crippen LogP contribution is 2.44. The number of aliphatic hydroxyl groups excluding tert-OH is 1. The van der Waals surface area contributed by atoms with Crippen molar-refractivity contribution in [2.75, 3.05) is 13.7 Å². The summed E-state index contributed by atoms with van der Waals surface area (Å²) in [4.78, 5) is 24.1. The SMILES string of the molecule is COC(=O)C1C(CO)SC2CC(=O)N21. The molecule has 0 spiro atoms. The first-order chi connectivity index (χ1) is 6.69. The Morgan fingerprint density at radius 1 is 1.79 bits per heavy atom. The van der Waals surface area contributed by atoms with Crippen LogP contribution < -0.4 is 0 Å². The normalized spacial score (nSPS) is 35.1. The fourth-order valence-electron chi connectivity index (χ4n) is 1.83. The largest absolute Gasteiger partial charge is 0.467 e. The Morgan fingerprint density at radius 2 is 2.50 bits per heavy atom. The molecule has 0 saturated carbocycles. The van der Waals surface area contributed by atoms with Crippen molar-refractivity contribution in [3.8, 4) is 0 Å². The summed E-state index contributed by atoms with van der Waals surface area (Å²) in [6.07, 6.45) is 0.467. The van der Waals surface area contributed by atoms with Gasteiger partial charge in [-0.25, -0.2) is 4.79 Å². The molecule has 0 aliphatic carbocycles. The molecule has 2 rings (SSSR count). The molecule has 1 N–H and O–H groups in total. The van der Waals surface area contributed by atoms with Gasteiger partial charge >= 0.3 is 5.97 Å². The number of carbonyl (C=O) groups is 2. The predicted molar refractivity (Wildman–Crippen MR) is 49.5 cm³/mol. The maximum absolute atomic E-state index is 11.4. The standard InChI is InChI=1S/C8H11NO4S/c1-13-8(12)7-4(3-10)14-6-2-5(11)9(6)7/h4,6-7,10H,2-3H2,1H3. The average Bonchev–Trinajstić information content (AvgIpc) is 2.49. The van der Waals surface area contributed by atoms with Crippen LogP contribution in [0.2, 0.25) is 0 Å². The summed E-state index contributed by atoms with van der Waals surface area (Å²) >= 11 is 1.47. The van der Waals surface area contributed by atoms with E-state index in [1.54, 1.807) is 0 Å². The molecule has 3 unspecified atom stereocenters. The summed E-state index contributed by atoms with van der Waals surface area (Å²) in [6.45, 7) is -0.106. The van der Waals surface area contributed by atoms with E-state index in [0.29, 0.717) is 6.42 Å². The van der Waals surface area contributed by atoms with E-state index in [1.807, 2.05) is 0 Å². The Hall–Kier alpha value is -0.750. The molecule has 2 saturated heterocycles. The second-order valence-electron chi connectivity index (χ2n) is 3.28. The molecule has 5 nitrogen and oxygen atoms in total. The van der Waals surface area contributed by atoms with Crippen LogP contribution in [0.4, 0.5) is 0 Å². The van der Waals surface area contributed by atoms with Gasteiger partial charge in [-0.05, 0) is 0 Å². The lowest BCUT2D eigenvalue weighted by atomic mass is 10.1. The molecule has 2 heterocycles. The van der Waals surface area contributed by atoms with Crippen molar-refractivity contribution in [2.45, 2.75) is 23.1 Å². The minimum atomic E-state index is -0.596. The molecule has 2 fully saturated rings. The highest BCUT2D eigenvalue weighted by Gasteiger charge is 2.54. The third-order valence-corrected chi connectivity index (χ3v) is 4.02. The van der Waals surface area contributed by atoms with Crippen molar-refractivity contribution in [1.29, 1.82) is 0 Å². The number of ether oxygens (including phenoxy) is 1. The molecular formula is C8H11NO4S. The Kier molecular flexibility index (Phi) is 2.40. The monoisotopic (exact) mass is 217 g/mol. The van der Waals surface area contributed by atoms with E-state index < -0.39 is 12.0 Å². The Bertz CT molecular complexity index is 283. The third-order valence-electron chi connectivity index (χ3n) is 2.55. The van der Waals surface area contributed by atoms with Gasteiger partial charge in [0.25, 0.3) is 0 Å². The van der Waals surface area contributed by atoms with Gasteiger partial charge < -0.3 is 14.7 Å². The maximum Gasteiger partial charge on any atom is 0.329 e. The number of amides is 1. The molecule has 2 aliphatic rings. The van der Waals surface area contributed by atoms with Gasteiger partial charge in [-0.3, -0.25) is 4.79 Å². The Labute approximate surface area is 85.4 Å². The number of carbonyl (C=O) groups excluding carboxylic acids is 2. The van der Waals surface area contributed by atoms with E-state index in [1.165, 1.54) is 23.8 Å². The molecule has 78 valence electrons. The van der Waals surface area contributed by atoms with E-state index in [-0.39, 0.29) is 23.1 Å². The van der Waals surface area contributed by atoms with Crippen molar-refractivity contribution < 1.29 is 19.4 Å². The van der Waals surface area contributed by atoms with Crippen LogP contribution in [0.3, 0.4) is 0 Å². The van der Waals surface area contributed by atoms with Crippen LogP contribution in [0.5, 0.6) is 0 Å². The van der Waals surface area contributed by atoms with E-state index in [4.69, 9.17) is 5.11 Å². The number of thioether (sulfide) groups is 1. The summed E-state index contributed by atoms with van der Waals surface area (Å²) in [6, 6.07) is -0.596. The second-order valence-corrected chi connectivity index (χ2v) is 4.71. The van der Waals surface area contributed by atoms with Crippen LogP contribution in [0, 0.1) is 0 Å². The summed E-state index contributed by atoms with van der Waals surface area (Å²) in [5.74, 6) is -0.471. The smallest absolute Gasteiger partial charge is 0.329 e. The fourth-order valence-corrected chi connectivity index (χ4v) is 3.33. The van der Waals surface area contributed by atoms with Crippen molar-refractivity contribution in [1.82, 2.24) is 4.90 Å². The zero-order chi connectivity index (χ0) is 10.3. The average molecular weight is 217 g/mol. The van der Waals surface area contributed by atoms with Gasteiger partial charge in [0, 0.05) is 0 Å². The molecule has 2 aliphatic heterocycles. The lowest BCUT2D eigenvalue weighted by molar-refractivity contribution is -0.158. The number of hydrogen-bond donors (Lipinski definition) is 1. The minimum absolute atomic E-state index is 0.0335. The van der Waals surface area contributed by atoms with E-state index in [9.17, 15) is 9.59 Å². The van der Waals surface area contributed by atoms with Crippen LogP contribution in [-0.4, -0.2) is 52.3 Å². The zero-order valence-corrected chi connectivity index (χ0v) is 8.49. The topological polar surface area (TPSA) is 66.8 Å². The van der Waals surface area contributed by atoms with Crippen molar-refractivity contribution in [3.63, 3.8) is 0 Å². The number of esters is 1. The summed E-state index contributed by atoms with van der Waals surface area (Å²) in [5.41, 5.74) is 0. The van der Waals surface area contributed by atoms with Crippen molar-refractivity contribution >= 4 is 23.6 Å². The molecule has 3 atom stereocenters. The van der Waals surface area contributed by atoms with Gasteiger partial charge in [-0.15, -0.1) is 11.8 Å². The number of aliphatic hydroxyl groups is 1. The zero-order valence-electron chi connectivity index (χ0n) is 7.67. The second kappa shape index (κ2) is 3.43. The van der Waals surface area contributed by atoms with Crippen molar-refractivity contribution in [2.24, 2.45) is 0 Å². The first kappa shape index (κ1) is 9.79. The van der Waals surface area contributed by atoms with Gasteiger partial charge in [0.15, 0.2) is 0 Å². The molecule has 0 aromatic rings. The third kappa shape index (κ3) is 1.21. The summed E-state index contributed by atoms with van der Waals surface area (Å²) < 4.78 is 4.61. The molecule has 6 heteroatoms. The van der Waals surface area contributed by atoms with Crippen LogP contribution in [0.25, 0.3) is 0 Å². The molecule has 0 aromatic carbocycles. The Balaban J connectivity index is 2.17. The highest BCUT2D eigenvalue weighted by molar-refractivity contribution is 8.01. The lowest BCUT2D eigenvalue weighted by Crippen LogP contribution is -2.55. The van der Waals surface area contributed by atoms with Crippen LogP contribution in [0.15, 0.2) is 0 Å². The Morgan fingerprint density at radius 3 is 3.00 bits per heavy atom. The first-order valence-electron chi connectivity index (χ1n) is 4.34. The number of methoxy groups -OCH3 is 1. The number of rotatable bonds is 2. The van der Waals surface area contributed by atoms with Gasteiger partial charge in [-0.2, -0.15) is 0 Å². The van der Waals surface area contributed by atoms with Crippen LogP contribution in [-0.2, 0) is 14.3 Å². The minimum Gasteiger partial charge on any atom is -0.467 e. The number of hydrogen-bond acceptors (Lipinski definition) is 5. The van der Waals surface area contributed by atoms with E-state index in [0.717, 1.165) is 0 Å². The highest BCUT2D eigenvalue weighted by atomic mass is 32.2. The predicted octanol–water partition coefficient (Wildman–Crippen LogP) is -0.806. The first-order valence-corrected chi connectivity index (χ1v) is 5.28. The molecule has 0 bridgehead atoms. The number of fused-ring (bicyclic) bond motifs is 1. The van der Waals surface area contributed by atoms with Gasteiger partial charge in [0.2, 0.25) is 5.91 Å². The number of β-lactam (4-membered cyclic amide) rings is 1. The van der Waals surface area contributed by atoms with Gasteiger partial charge in [0.1, 0.15) is 6.04 Å². The van der Waals surface area contributed by atoms with Gasteiger partial charge in [-0.1, -0.05) is 0 Å². The van der Waals surface area contributed by atoms with Gasteiger partial charge in [0.05, 0.1) is 30.8 Å². The maximum atomic E-state index is 11.4. The molecule has 0 aromatic heterocycles. The molecule has 1 amide bonds. The molecule has 0 radical (unpaired) electrons. The van der Waals surface area contributed by atoms with E-state index >= 15 is 0 Å². The summed E-state index contributed by atoms with van der Waals surface area (Å²) in [5, 5.41) is 8.89. The fraction of sp³-hybridized carbons (Fsp3) is 0.750. The summed E-state index contributed by atoms with van der Waals surface area (Å²) in [7, 11) is 1.29. The number of nitrogens with zero attached hydrogens (tertiary/aromatic N) is 1. The van der Waals surface area contributed by atoms with E-state index in [2.05, 4.69) is 4.74 Å². The molecule has 14 heavy (non-hydrogen) atoms. The lowest BCUT2D eigenvalue weighted by Gasteiger charge is -2.36. The van der Waals surface area contributed by atoms with Crippen molar-refractivity contribution in [3.05, 3.63) is 0 Å². The van der Waals surface area contributed by atoms with Crippen LogP contribution in [0.1, 0.15) is 6.42 Å². The molecular weight excluding hydrogens is 206 g/mol.